The Labute approximate surface area is 191 Å². The summed E-state index contributed by atoms with van der Waals surface area (Å²) >= 11 is 0. The van der Waals surface area contributed by atoms with Crippen LogP contribution in [0.5, 0.6) is 5.75 Å². The van der Waals surface area contributed by atoms with Crippen LogP contribution in [0.1, 0.15) is 51.9 Å². The van der Waals surface area contributed by atoms with E-state index in [9.17, 15) is 5.11 Å². The van der Waals surface area contributed by atoms with Crippen molar-refractivity contribution in [2.75, 3.05) is 26.2 Å². The molecule has 0 amide bonds. The normalized spacial score (nSPS) is 17.7. The van der Waals surface area contributed by atoms with Gasteiger partial charge in [-0.25, -0.2) is 0 Å². The third-order valence-corrected chi connectivity index (χ3v) is 7.04. The van der Waals surface area contributed by atoms with Crippen LogP contribution in [-0.2, 0) is 0 Å². The number of likely N-dealkylation sites (tertiary alicyclic amines) is 1. The summed E-state index contributed by atoms with van der Waals surface area (Å²) in [6.07, 6.45) is 7.88. The Hall–Kier alpha value is -2.08. The van der Waals surface area contributed by atoms with Crippen molar-refractivity contribution in [3.63, 3.8) is 0 Å². The first-order valence-electron chi connectivity index (χ1n) is 12.4. The van der Waals surface area contributed by atoms with Gasteiger partial charge in [0.15, 0.2) is 0 Å². The highest BCUT2D eigenvalue weighted by Crippen LogP contribution is 2.33. The maximum absolute atomic E-state index is 10.7. The Bertz CT molecular complexity index is 977. The van der Waals surface area contributed by atoms with Gasteiger partial charge in [0.1, 0.15) is 18.5 Å². The number of hydrogen-bond donors (Lipinski definition) is 3. The monoisotopic (exact) mass is 437 g/mol. The molecule has 1 aliphatic heterocycles. The van der Waals surface area contributed by atoms with Crippen molar-refractivity contribution in [2.24, 2.45) is 11.7 Å². The zero-order valence-electron chi connectivity index (χ0n) is 19.4. The molecule has 174 valence electrons. The second-order valence-electron chi connectivity index (χ2n) is 9.47. The van der Waals surface area contributed by atoms with Gasteiger partial charge < -0.3 is 25.5 Å². The summed E-state index contributed by atoms with van der Waals surface area (Å²) in [6, 6.07) is 14.0. The first-order chi connectivity index (χ1) is 15.7. The lowest BCUT2D eigenvalue weighted by atomic mass is 9.88. The lowest BCUT2D eigenvalue weighted by Gasteiger charge is -2.33. The summed E-state index contributed by atoms with van der Waals surface area (Å²) < 4.78 is 6.08. The number of aliphatic hydroxyl groups excluding tert-OH is 1. The highest BCUT2D eigenvalue weighted by atomic mass is 16.5. The molecule has 0 aliphatic carbocycles. The van der Waals surface area contributed by atoms with Crippen LogP contribution in [0.3, 0.4) is 0 Å². The molecule has 0 bridgehead atoms. The molecule has 2 aromatic carbocycles. The molecule has 2 atom stereocenters. The number of ether oxygens (including phenoxy) is 1. The van der Waals surface area contributed by atoms with E-state index in [1.807, 2.05) is 24.3 Å². The smallest absolute Gasteiger partial charge is 0.129 e. The lowest BCUT2D eigenvalue weighted by Crippen LogP contribution is -2.42. The van der Waals surface area contributed by atoms with Crippen LogP contribution in [0, 0.1) is 5.92 Å². The minimum atomic E-state index is -0.664. The van der Waals surface area contributed by atoms with Gasteiger partial charge in [-0.3, -0.25) is 0 Å². The number of piperidine rings is 1. The third kappa shape index (κ3) is 5.64. The van der Waals surface area contributed by atoms with Crippen LogP contribution in [0.4, 0.5) is 0 Å². The van der Waals surface area contributed by atoms with Gasteiger partial charge in [0.2, 0.25) is 0 Å². The SMILES string of the molecule is CCCCCCN1CCC(CC(N)[C@H](O)COc2cccc3[nH]c4ccccc4c23)CC1. The van der Waals surface area contributed by atoms with E-state index < -0.39 is 6.10 Å². The molecule has 1 fully saturated rings. The van der Waals surface area contributed by atoms with Crippen molar-refractivity contribution >= 4 is 21.8 Å². The molecule has 0 saturated carbocycles. The third-order valence-electron chi connectivity index (χ3n) is 7.04. The number of para-hydroxylation sites is 1. The van der Waals surface area contributed by atoms with Gasteiger partial charge in [-0.1, -0.05) is 50.5 Å². The topological polar surface area (TPSA) is 74.5 Å². The number of benzene rings is 2. The molecule has 3 aromatic rings. The van der Waals surface area contributed by atoms with Crippen LogP contribution in [0.2, 0.25) is 0 Å². The molecule has 4 N–H and O–H groups in total. The number of nitrogens with two attached hydrogens (primary N) is 1. The number of H-pyrrole nitrogens is 1. The average Bonchev–Trinajstić information content (AvgIpc) is 3.20. The van der Waals surface area contributed by atoms with Gasteiger partial charge in [-0.15, -0.1) is 0 Å². The average molecular weight is 438 g/mol. The van der Waals surface area contributed by atoms with Crippen LogP contribution in [0.15, 0.2) is 42.5 Å². The van der Waals surface area contributed by atoms with E-state index >= 15 is 0 Å². The van der Waals surface area contributed by atoms with E-state index in [2.05, 4.69) is 35.0 Å². The largest absolute Gasteiger partial charge is 0.490 e. The molecule has 0 radical (unpaired) electrons. The number of rotatable bonds is 11. The molecule has 5 nitrogen and oxygen atoms in total. The molecule has 2 heterocycles. The molecule has 1 unspecified atom stereocenters. The molecular weight excluding hydrogens is 398 g/mol. The molecule has 1 aliphatic rings. The summed E-state index contributed by atoms with van der Waals surface area (Å²) in [5, 5.41) is 12.9. The van der Waals surface area contributed by atoms with E-state index in [-0.39, 0.29) is 12.6 Å². The molecular formula is C27H39N3O2. The predicted molar refractivity (Wildman–Crippen MR) is 133 cm³/mol. The van der Waals surface area contributed by atoms with Crippen molar-refractivity contribution in [2.45, 2.75) is 64.0 Å². The van der Waals surface area contributed by atoms with Gasteiger partial charge in [-0.2, -0.15) is 0 Å². The minimum absolute atomic E-state index is 0.218. The number of aliphatic hydroxyl groups is 1. The Morgan fingerprint density at radius 3 is 2.66 bits per heavy atom. The summed E-state index contributed by atoms with van der Waals surface area (Å²) in [5.74, 6) is 1.39. The van der Waals surface area contributed by atoms with Gasteiger partial charge >= 0.3 is 0 Å². The van der Waals surface area contributed by atoms with Gasteiger partial charge in [0.25, 0.3) is 0 Å². The Kier molecular flexibility index (Phi) is 8.06. The quantitative estimate of drug-likeness (QED) is 0.366. The van der Waals surface area contributed by atoms with Crippen LogP contribution < -0.4 is 10.5 Å². The van der Waals surface area contributed by atoms with Crippen molar-refractivity contribution in [1.29, 1.82) is 0 Å². The second kappa shape index (κ2) is 11.2. The van der Waals surface area contributed by atoms with Crippen LogP contribution in [-0.4, -0.2) is 53.4 Å². The van der Waals surface area contributed by atoms with E-state index in [0.717, 1.165) is 34.0 Å². The summed E-state index contributed by atoms with van der Waals surface area (Å²) in [5.41, 5.74) is 8.53. The predicted octanol–water partition coefficient (Wildman–Crippen LogP) is 5.07. The molecule has 5 heteroatoms. The van der Waals surface area contributed by atoms with Gasteiger partial charge in [0.05, 0.1) is 5.52 Å². The number of aromatic nitrogens is 1. The highest BCUT2D eigenvalue weighted by molar-refractivity contribution is 6.10. The number of aromatic amines is 1. The zero-order chi connectivity index (χ0) is 22.3. The second-order valence-corrected chi connectivity index (χ2v) is 9.47. The van der Waals surface area contributed by atoms with Gasteiger partial charge in [-0.05, 0) is 69.4 Å². The number of fused-ring (bicyclic) bond motifs is 3. The molecule has 4 rings (SSSR count). The lowest BCUT2D eigenvalue weighted by molar-refractivity contribution is 0.0710. The Morgan fingerprint density at radius 2 is 1.84 bits per heavy atom. The van der Waals surface area contributed by atoms with Crippen molar-refractivity contribution < 1.29 is 9.84 Å². The fourth-order valence-corrected chi connectivity index (χ4v) is 5.04. The number of hydrogen-bond acceptors (Lipinski definition) is 4. The first-order valence-corrected chi connectivity index (χ1v) is 12.4. The fraction of sp³-hybridized carbons (Fsp3) is 0.556. The zero-order valence-corrected chi connectivity index (χ0v) is 19.4. The molecule has 32 heavy (non-hydrogen) atoms. The maximum Gasteiger partial charge on any atom is 0.129 e. The van der Waals surface area contributed by atoms with Crippen molar-refractivity contribution in [1.82, 2.24) is 9.88 Å². The number of nitrogens with zero attached hydrogens (tertiary/aromatic N) is 1. The molecule has 1 saturated heterocycles. The van der Waals surface area contributed by atoms with Crippen LogP contribution >= 0.6 is 0 Å². The summed E-state index contributed by atoms with van der Waals surface area (Å²) in [7, 11) is 0. The fourth-order valence-electron chi connectivity index (χ4n) is 5.04. The molecule has 0 spiro atoms. The van der Waals surface area contributed by atoms with E-state index in [1.165, 1.54) is 58.2 Å². The first kappa shape index (κ1) is 23.1. The van der Waals surface area contributed by atoms with E-state index in [4.69, 9.17) is 10.5 Å². The van der Waals surface area contributed by atoms with Gasteiger partial charge in [0, 0.05) is 22.3 Å². The standard InChI is InChI=1S/C27H39N3O2/c1-2-3-4-7-15-30-16-13-20(14-17-30)18-22(28)25(31)19-32-26-12-8-11-24-27(26)21-9-5-6-10-23(21)29-24/h5-6,8-12,20,22,25,29,31H,2-4,7,13-19,28H2,1H3/t22?,25-/m1/s1. The Morgan fingerprint density at radius 1 is 1.06 bits per heavy atom. The summed E-state index contributed by atoms with van der Waals surface area (Å²) in [6.45, 7) is 6.04. The van der Waals surface area contributed by atoms with E-state index in [1.54, 1.807) is 0 Å². The van der Waals surface area contributed by atoms with E-state index in [0.29, 0.717) is 5.92 Å². The summed E-state index contributed by atoms with van der Waals surface area (Å²) in [4.78, 5) is 6.03. The van der Waals surface area contributed by atoms with Crippen molar-refractivity contribution in [3.8, 4) is 5.75 Å². The Balaban J connectivity index is 1.26. The minimum Gasteiger partial charge on any atom is -0.490 e. The maximum atomic E-state index is 10.7. The number of unbranched alkanes of at least 4 members (excludes halogenated alkanes) is 3. The van der Waals surface area contributed by atoms with Crippen molar-refractivity contribution in [3.05, 3.63) is 42.5 Å². The van der Waals surface area contributed by atoms with Crippen LogP contribution in [0.25, 0.3) is 21.8 Å². The number of nitrogens with one attached hydrogen (secondary N) is 1. The molecule has 1 aromatic heterocycles. The highest BCUT2D eigenvalue weighted by Gasteiger charge is 2.24.